The van der Waals surface area contributed by atoms with Gasteiger partial charge in [-0.3, -0.25) is 24.0 Å². The number of ketones is 4. The van der Waals surface area contributed by atoms with Crippen LogP contribution in [0.5, 0.6) is 0 Å². The van der Waals surface area contributed by atoms with Gasteiger partial charge in [0.25, 0.3) is 5.91 Å². The second-order valence-corrected chi connectivity index (χ2v) is 13.3. The molecule has 6 N–H and O–H groups in total. The molecule has 12 atom stereocenters. The molecule has 2 heterocycles. The zero-order valence-electron chi connectivity index (χ0n) is 27.6. The van der Waals surface area contributed by atoms with E-state index >= 15 is 0 Å². The third-order valence-electron chi connectivity index (χ3n) is 9.95. The number of nitrogens with one attached hydrogen (secondary N) is 1. The lowest BCUT2D eigenvalue weighted by atomic mass is 9.67. The van der Waals surface area contributed by atoms with Crippen LogP contribution in [0.2, 0.25) is 0 Å². The summed E-state index contributed by atoms with van der Waals surface area (Å²) in [5.74, 6) is -10.3. The molecule has 4 aliphatic rings. The summed E-state index contributed by atoms with van der Waals surface area (Å²) < 4.78 is 0. The van der Waals surface area contributed by atoms with Crippen LogP contribution in [0.15, 0.2) is 58.4 Å². The second kappa shape index (κ2) is 14.6. The van der Waals surface area contributed by atoms with Crippen LogP contribution < -0.4 is 5.32 Å². The van der Waals surface area contributed by atoms with E-state index in [4.69, 9.17) is 0 Å². The average molecular weight is 642 g/mol. The molecule has 0 aromatic heterocycles. The van der Waals surface area contributed by atoms with Crippen molar-refractivity contribution in [2.75, 3.05) is 0 Å². The number of aliphatic hydroxyl groups excluding tert-OH is 5. The van der Waals surface area contributed by atoms with Gasteiger partial charge in [-0.1, -0.05) is 65.8 Å². The van der Waals surface area contributed by atoms with Gasteiger partial charge in [0.1, 0.15) is 5.92 Å². The molecular formula is C35H47NO10. The van der Waals surface area contributed by atoms with Crippen molar-refractivity contribution < 1.29 is 49.5 Å². The Bertz CT molecular complexity index is 1430. The van der Waals surface area contributed by atoms with Gasteiger partial charge in [0.2, 0.25) is 5.78 Å². The van der Waals surface area contributed by atoms with Crippen LogP contribution in [-0.4, -0.2) is 85.1 Å². The van der Waals surface area contributed by atoms with Crippen molar-refractivity contribution in [3.05, 3.63) is 58.4 Å². The normalized spacial score (nSPS) is 41.0. The Morgan fingerprint density at radius 1 is 0.674 bits per heavy atom. The summed E-state index contributed by atoms with van der Waals surface area (Å²) in [6.07, 6.45) is 0.591. The lowest BCUT2D eigenvalue weighted by Gasteiger charge is -2.37. The number of carbonyl (C=O) groups is 5. The Hall–Kier alpha value is -3.35. The van der Waals surface area contributed by atoms with Gasteiger partial charge < -0.3 is 30.8 Å². The Morgan fingerprint density at radius 3 is 1.76 bits per heavy atom. The van der Waals surface area contributed by atoms with E-state index in [0.717, 1.165) is 6.08 Å². The lowest BCUT2D eigenvalue weighted by Crippen LogP contribution is -2.49. The summed E-state index contributed by atoms with van der Waals surface area (Å²) in [6, 6.07) is 0. The van der Waals surface area contributed by atoms with Crippen molar-refractivity contribution in [2.45, 2.75) is 85.9 Å². The van der Waals surface area contributed by atoms with Crippen LogP contribution >= 0.6 is 0 Å². The first kappa shape index (κ1) is 37.1. The van der Waals surface area contributed by atoms with E-state index in [1.165, 1.54) is 39.0 Å². The third kappa shape index (κ3) is 7.13. The van der Waals surface area contributed by atoms with Gasteiger partial charge in [-0.15, -0.1) is 0 Å². The van der Waals surface area contributed by atoms with E-state index in [0.29, 0.717) is 0 Å². The highest BCUT2D eigenvalue weighted by Crippen LogP contribution is 2.38. The molecule has 4 rings (SSSR count). The number of hydrogen-bond acceptors (Lipinski definition) is 10. The number of Topliss-reactive ketones (excluding diaryl/α,β-unsaturated/α-hetero) is 3. The molecule has 0 radical (unpaired) electrons. The first-order chi connectivity index (χ1) is 21.3. The number of amides is 1. The summed E-state index contributed by atoms with van der Waals surface area (Å²) in [4.78, 5) is 67.0. The minimum Gasteiger partial charge on any atom is -0.392 e. The maximum atomic E-state index is 13.8. The molecule has 4 bridgehead atoms. The number of allylic oxidation sites excluding steroid dienone is 6. The molecule has 4 unspecified atom stereocenters. The number of carbonyl (C=O) groups excluding carboxylic acids is 5. The second-order valence-electron chi connectivity index (χ2n) is 13.3. The standard InChI is InChI=1S/C35H47NO10/c1-14-10-9-11-15(2)35(46)36-22-13-23(37)24-25(32(43)21(8)33(44)26(24)34(22)45)29(40)17(4)12-16(3)28(39)19(6)31(42)20(7)30(41)18(5)27(14)38/h9-14,16,18-21,25,27-28,30-31,33,38-39,41-42,44H,1-8H3,(H,36,46)/b10-9-,15-11-,17-12?/t14-,16?,18+,19+,20+,21?,25?,27-,28-,30+,31+,33?/m0/s1. The van der Waals surface area contributed by atoms with Crippen LogP contribution in [0.1, 0.15) is 55.4 Å². The highest BCUT2D eigenvalue weighted by Gasteiger charge is 2.50. The molecule has 46 heavy (non-hydrogen) atoms. The predicted octanol–water partition coefficient (Wildman–Crippen LogP) is 1.29. The van der Waals surface area contributed by atoms with Crippen LogP contribution in [-0.2, 0) is 24.0 Å². The van der Waals surface area contributed by atoms with Gasteiger partial charge in [0.05, 0.1) is 36.2 Å². The Labute approximate surface area is 269 Å². The fourth-order valence-corrected chi connectivity index (χ4v) is 6.54. The molecule has 0 aromatic rings. The van der Waals surface area contributed by atoms with Gasteiger partial charge in [0.15, 0.2) is 17.3 Å². The minimum absolute atomic E-state index is 0.0239. The average Bonchev–Trinajstić information content (AvgIpc) is 3.02. The van der Waals surface area contributed by atoms with Gasteiger partial charge in [-0.05, 0) is 19.4 Å². The van der Waals surface area contributed by atoms with E-state index in [1.54, 1.807) is 40.7 Å². The van der Waals surface area contributed by atoms with Crippen molar-refractivity contribution in [2.24, 2.45) is 41.4 Å². The van der Waals surface area contributed by atoms with Crippen LogP contribution in [0.4, 0.5) is 0 Å². The summed E-state index contributed by atoms with van der Waals surface area (Å²) >= 11 is 0. The highest BCUT2D eigenvalue weighted by molar-refractivity contribution is 6.30. The lowest BCUT2D eigenvalue weighted by molar-refractivity contribution is -0.136. The molecule has 0 saturated heterocycles. The Kier molecular flexibility index (Phi) is 11.8. The van der Waals surface area contributed by atoms with E-state index in [-0.39, 0.29) is 11.1 Å². The van der Waals surface area contributed by atoms with Crippen LogP contribution in [0, 0.1) is 41.4 Å². The van der Waals surface area contributed by atoms with Crippen molar-refractivity contribution in [3.63, 3.8) is 0 Å². The molecule has 252 valence electrons. The van der Waals surface area contributed by atoms with E-state index in [2.05, 4.69) is 5.32 Å². The number of hydrogen-bond donors (Lipinski definition) is 6. The monoisotopic (exact) mass is 641 g/mol. The quantitative estimate of drug-likeness (QED) is 0.166. The maximum absolute atomic E-state index is 13.8. The van der Waals surface area contributed by atoms with Gasteiger partial charge >= 0.3 is 0 Å². The van der Waals surface area contributed by atoms with Gasteiger partial charge in [0, 0.05) is 58.3 Å². The molecule has 2 aliphatic heterocycles. The van der Waals surface area contributed by atoms with Gasteiger partial charge in [-0.25, -0.2) is 0 Å². The summed E-state index contributed by atoms with van der Waals surface area (Å²) in [5.41, 5.74) is -1.10. The molecule has 11 heteroatoms. The summed E-state index contributed by atoms with van der Waals surface area (Å²) in [7, 11) is 0. The van der Waals surface area contributed by atoms with Crippen LogP contribution in [0.25, 0.3) is 0 Å². The number of rotatable bonds is 0. The number of aliphatic hydroxyl groups is 5. The van der Waals surface area contributed by atoms with Gasteiger partial charge in [-0.2, -0.15) is 0 Å². The van der Waals surface area contributed by atoms with E-state index < -0.39 is 118 Å². The zero-order valence-corrected chi connectivity index (χ0v) is 27.6. The molecule has 2 aliphatic carbocycles. The van der Waals surface area contributed by atoms with Crippen molar-refractivity contribution in [1.29, 1.82) is 0 Å². The van der Waals surface area contributed by atoms with Crippen molar-refractivity contribution in [3.8, 4) is 0 Å². The molecule has 11 nitrogen and oxygen atoms in total. The van der Waals surface area contributed by atoms with E-state index in [1.807, 2.05) is 0 Å². The number of fused-ring (bicyclic) bond motifs is 15. The first-order valence-electron chi connectivity index (χ1n) is 15.7. The molecule has 0 aromatic carbocycles. The Balaban J connectivity index is 2.14. The van der Waals surface area contributed by atoms with Crippen LogP contribution in [0.3, 0.4) is 0 Å². The van der Waals surface area contributed by atoms with Crippen molar-refractivity contribution in [1.82, 2.24) is 5.32 Å². The topological polar surface area (TPSA) is 199 Å². The molecule has 0 saturated carbocycles. The van der Waals surface area contributed by atoms with E-state index in [9.17, 15) is 49.5 Å². The molecule has 0 fully saturated rings. The third-order valence-corrected chi connectivity index (χ3v) is 9.95. The fourth-order valence-electron chi connectivity index (χ4n) is 6.54. The summed E-state index contributed by atoms with van der Waals surface area (Å²) in [6.45, 7) is 12.4. The maximum Gasteiger partial charge on any atom is 0.251 e. The minimum atomic E-state index is -1.68. The highest BCUT2D eigenvalue weighted by atomic mass is 16.3. The molecular weight excluding hydrogens is 594 g/mol. The smallest absolute Gasteiger partial charge is 0.251 e. The zero-order chi connectivity index (χ0) is 34.9. The largest absolute Gasteiger partial charge is 0.392 e. The predicted molar refractivity (Wildman–Crippen MR) is 168 cm³/mol. The SMILES string of the molecule is CC1=CC(C)[C@H](O)[C@@H](C)[C@@H](O)[C@H](C)[C@H](O)[C@H](C)[C@@H](O)[C@@H](C)/C=C\C=C(\C)C(=O)NC2=CC(=O)C3=C(C2=O)C(O)C(C)C(=O)C3C1=O. The fraction of sp³-hybridized carbons (Fsp3) is 0.571. The van der Waals surface area contributed by atoms with Crippen molar-refractivity contribution >= 4 is 29.0 Å². The Morgan fingerprint density at radius 2 is 1.20 bits per heavy atom. The molecule has 0 spiro atoms. The summed E-state index contributed by atoms with van der Waals surface area (Å²) in [5, 5.41) is 57.6. The molecule has 1 amide bonds. The first-order valence-corrected chi connectivity index (χ1v) is 15.7.